The summed E-state index contributed by atoms with van der Waals surface area (Å²) in [5, 5.41) is 0. The van der Waals surface area contributed by atoms with Crippen molar-refractivity contribution in [1.29, 1.82) is 0 Å². The zero-order valence-electron chi connectivity index (χ0n) is 16.9. The van der Waals surface area contributed by atoms with E-state index in [9.17, 15) is 9.59 Å². The number of benzene rings is 2. The highest BCUT2D eigenvalue weighted by atomic mass is 16.5. The van der Waals surface area contributed by atoms with E-state index in [0.29, 0.717) is 11.6 Å². The van der Waals surface area contributed by atoms with Gasteiger partial charge in [0.2, 0.25) is 5.78 Å². The predicted octanol–water partition coefficient (Wildman–Crippen LogP) is 5.08. The minimum absolute atomic E-state index is 0.141. The van der Waals surface area contributed by atoms with Gasteiger partial charge in [0.05, 0.1) is 6.42 Å². The second-order valence-electron chi connectivity index (χ2n) is 7.71. The first-order valence-corrected chi connectivity index (χ1v) is 10.0. The minimum atomic E-state index is -0.387. The monoisotopic (exact) mass is 387 g/mol. The van der Waals surface area contributed by atoms with Gasteiger partial charge in [-0.15, -0.1) is 0 Å². The molecule has 0 unspecified atom stereocenters. The topological polar surface area (TPSA) is 48.3 Å². The molecule has 4 rings (SSSR count). The zero-order valence-corrected chi connectivity index (χ0v) is 16.9. The number of aromatic nitrogens is 1. The summed E-state index contributed by atoms with van der Waals surface area (Å²) in [5.41, 5.74) is 5.84. The lowest BCUT2D eigenvalue weighted by atomic mass is 10.0. The number of nitrogens with zero attached hydrogens (tertiary/aromatic N) is 1. The van der Waals surface area contributed by atoms with Crippen molar-refractivity contribution in [1.82, 2.24) is 4.57 Å². The Labute approximate surface area is 171 Å². The van der Waals surface area contributed by atoms with Crippen LogP contribution in [-0.2, 0) is 16.0 Å². The molecule has 4 nitrogen and oxygen atoms in total. The lowest BCUT2D eigenvalue weighted by Gasteiger charge is -2.08. The van der Waals surface area contributed by atoms with Crippen LogP contribution in [0.15, 0.2) is 60.7 Å². The third-order valence-electron chi connectivity index (χ3n) is 5.47. The van der Waals surface area contributed by atoms with Crippen molar-refractivity contribution in [2.24, 2.45) is 0 Å². The highest BCUT2D eigenvalue weighted by Crippen LogP contribution is 2.38. The molecule has 2 aromatic carbocycles. The number of Topliss-reactive ketones (excluding diaryl/α,β-unsaturated/α-hetero) is 1. The summed E-state index contributed by atoms with van der Waals surface area (Å²) >= 11 is 0. The first-order valence-electron chi connectivity index (χ1n) is 10.0. The van der Waals surface area contributed by atoms with Crippen molar-refractivity contribution in [3.8, 4) is 11.1 Å². The van der Waals surface area contributed by atoms with E-state index in [4.69, 9.17) is 4.74 Å². The van der Waals surface area contributed by atoms with E-state index in [1.54, 1.807) is 0 Å². The van der Waals surface area contributed by atoms with E-state index in [0.717, 1.165) is 28.1 Å². The van der Waals surface area contributed by atoms with E-state index >= 15 is 0 Å². The number of esters is 1. The first-order chi connectivity index (χ1) is 14.0. The van der Waals surface area contributed by atoms with Gasteiger partial charge in [-0.25, -0.2) is 0 Å². The van der Waals surface area contributed by atoms with Gasteiger partial charge in [0, 0.05) is 23.0 Å². The maximum atomic E-state index is 12.5. The molecular weight excluding hydrogens is 362 g/mol. The van der Waals surface area contributed by atoms with Gasteiger partial charge in [-0.2, -0.15) is 0 Å². The first kappa shape index (κ1) is 19.2. The summed E-state index contributed by atoms with van der Waals surface area (Å²) in [7, 11) is 0. The molecule has 4 heteroatoms. The summed E-state index contributed by atoms with van der Waals surface area (Å²) < 4.78 is 7.49. The van der Waals surface area contributed by atoms with Crippen LogP contribution in [-0.4, -0.2) is 22.9 Å². The summed E-state index contributed by atoms with van der Waals surface area (Å²) in [4.78, 5) is 24.7. The quantitative estimate of drug-likeness (QED) is 0.420. The Morgan fingerprint density at radius 3 is 2.28 bits per heavy atom. The fraction of sp³-hybridized carbons (Fsp3) is 0.280. The van der Waals surface area contributed by atoms with E-state index in [2.05, 4.69) is 16.7 Å². The third kappa shape index (κ3) is 4.32. The number of carbonyl (C=O) groups excluding carboxylic acids is 2. The minimum Gasteiger partial charge on any atom is -0.457 e. The average molecular weight is 387 g/mol. The van der Waals surface area contributed by atoms with Gasteiger partial charge in [0.1, 0.15) is 0 Å². The van der Waals surface area contributed by atoms with E-state index in [1.165, 1.54) is 12.8 Å². The Morgan fingerprint density at radius 2 is 1.62 bits per heavy atom. The Hall–Kier alpha value is -3.14. The fourth-order valence-corrected chi connectivity index (χ4v) is 3.84. The molecule has 1 aliphatic carbocycles. The standard InChI is InChI=1S/C25H25NO3/c1-17-14-23(18(2)26(17)22-12-13-22)24(27)16-29-25(28)15-19-8-10-21(11-9-19)20-6-4-3-5-7-20/h3-11,14,22H,12-13,15-16H2,1-2H3. The number of hydrogen-bond donors (Lipinski definition) is 0. The molecule has 1 fully saturated rings. The number of hydrogen-bond acceptors (Lipinski definition) is 3. The Morgan fingerprint density at radius 1 is 0.966 bits per heavy atom. The molecule has 1 aliphatic rings. The van der Waals surface area contributed by atoms with Gasteiger partial charge in [0.25, 0.3) is 0 Å². The molecule has 1 saturated carbocycles. The van der Waals surface area contributed by atoms with Crippen LogP contribution in [0.25, 0.3) is 11.1 Å². The fourth-order valence-electron chi connectivity index (χ4n) is 3.84. The number of ketones is 1. The molecule has 0 aliphatic heterocycles. The molecule has 3 aromatic rings. The van der Waals surface area contributed by atoms with Gasteiger partial charge in [-0.3, -0.25) is 9.59 Å². The van der Waals surface area contributed by atoms with Gasteiger partial charge < -0.3 is 9.30 Å². The second-order valence-corrected chi connectivity index (χ2v) is 7.71. The lowest BCUT2D eigenvalue weighted by Crippen LogP contribution is -2.16. The predicted molar refractivity (Wildman–Crippen MR) is 113 cm³/mol. The van der Waals surface area contributed by atoms with Crippen LogP contribution < -0.4 is 0 Å². The summed E-state index contributed by atoms with van der Waals surface area (Å²) in [5.74, 6) is -0.528. The van der Waals surface area contributed by atoms with Crippen LogP contribution in [0.3, 0.4) is 0 Å². The van der Waals surface area contributed by atoms with Crippen LogP contribution >= 0.6 is 0 Å². The number of ether oxygens (including phenoxy) is 1. The van der Waals surface area contributed by atoms with E-state index in [1.807, 2.05) is 62.4 Å². The Balaban J connectivity index is 1.33. The maximum absolute atomic E-state index is 12.5. The number of carbonyl (C=O) groups is 2. The van der Waals surface area contributed by atoms with Crippen molar-refractivity contribution in [2.75, 3.05) is 6.61 Å². The maximum Gasteiger partial charge on any atom is 0.310 e. The Bertz CT molecular complexity index is 1030. The molecule has 1 heterocycles. The van der Waals surface area contributed by atoms with E-state index in [-0.39, 0.29) is 24.8 Å². The van der Waals surface area contributed by atoms with Crippen molar-refractivity contribution in [3.63, 3.8) is 0 Å². The molecule has 148 valence electrons. The normalized spacial score (nSPS) is 13.3. The summed E-state index contributed by atoms with van der Waals surface area (Å²) in [6, 6.07) is 20.4. The Kier molecular flexibility index (Phi) is 5.34. The molecule has 0 bridgehead atoms. The molecule has 0 atom stereocenters. The highest BCUT2D eigenvalue weighted by molar-refractivity contribution is 5.99. The molecule has 29 heavy (non-hydrogen) atoms. The van der Waals surface area contributed by atoms with Gasteiger partial charge in [0.15, 0.2) is 6.61 Å². The third-order valence-corrected chi connectivity index (χ3v) is 5.47. The lowest BCUT2D eigenvalue weighted by molar-refractivity contribution is -0.141. The smallest absolute Gasteiger partial charge is 0.310 e. The van der Waals surface area contributed by atoms with E-state index < -0.39 is 0 Å². The number of aryl methyl sites for hydroxylation is 1. The van der Waals surface area contributed by atoms with Crippen molar-refractivity contribution in [3.05, 3.63) is 83.2 Å². The molecule has 1 aromatic heterocycles. The van der Waals surface area contributed by atoms with Crippen LogP contribution in [0.2, 0.25) is 0 Å². The van der Waals surface area contributed by atoms with Crippen LogP contribution in [0.4, 0.5) is 0 Å². The van der Waals surface area contributed by atoms with Crippen molar-refractivity contribution < 1.29 is 14.3 Å². The summed E-state index contributed by atoms with van der Waals surface area (Å²) in [6.45, 7) is 3.78. The van der Waals surface area contributed by atoms with Gasteiger partial charge in [-0.1, -0.05) is 54.6 Å². The largest absolute Gasteiger partial charge is 0.457 e. The highest BCUT2D eigenvalue weighted by Gasteiger charge is 2.28. The van der Waals surface area contributed by atoms with Crippen molar-refractivity contribution in [2.45, 2.75) is 39.2 Å². The van der Waals surface area contributed by atoms with Crippen molar-refractivity contribution >= 4 is 11.8 Å². The second kappa shape index (κ2) is 8.08. The van der Waals surface area contributed by atoms with Gasteiger partial charge >= 0.3 is 5.97 Å². The zero-order chi connectivity index (χ0) is 20.4. The molecular formula is C25H25NO3. The molecule has 0 radical (unpaired) electrons. The van der Waals surface area contributed by atoms with Crippen LogP contribution in [0.1, 0.15) is 46.2 Å². The van der Waals surface area contributed by atoms with Crippen LogP contribution in [0, 0.1) is 13.8 Å². The van der Waals surface area contributed by atoms with Crippen LogP contribution in [0.5, 0.6) is 0 Å². The van der Waals surface area contributed by atoms with Gasteiger partial charge in [-0.05, 0) is 49.4 Å². The molecule has 0 spiro atoms. The molecule has 0 amide bonds. The average Bonchev–Trinajstić information content (AvgIpc) is 3.52. The number of rotatable bonds is 7. The SMILES string of the molecule is Cc1cc(C(=O)COC(=O)Cc2ccc(-c3ccccc3)cc2)c(C)n1C1CC1. The summed E-state index contributed by atoms with van der Waals surface area (Å²) in [6.07, 6.45) is 2.49. The molecule has 0 saturated heterocycles. The molecule has 0 N–H and O–H groups in total.